The normalized spacial score (nSPS) is 12.6. The molecule has 0 rings (SSSR count). The Kier molecular flexibility index (Phi) is 8.13. The van der Waals surface area contributed by atoms with Gasteiger partial charge < -0.3 is 5.32 Å². The molecule has 0 saturated heterocycles. The van der Waals surface area contributed by atoms with Gasteiger partial charge >= 0.3 is 0 Å². The lowest BCUT2D eigenvalue weighted by molar-refractivity contribution is 0.283. The first-order valence-electron chi connectivity index (χ1n) is 5.66. The monoisotopic (exact) mass is 199 g/mol. The summed E-state index contributed by atoms with van der Waals surface area (Å²) in [5, 5.41) is 3.32. The van der Waals surface area contributed by atoms with Crippen LogP contribution in [0, 0.1) is 5.41 Å². The molecule has 0 atom stereocenters. The zero-order valence-electron chi connectivity index (χ0n) is 11.4. The molecule has 0 unspecified atom stereocenters. The van der Waals surface area contributed by atoms with Crippen LogP contribution in [0.15, 0.2) is 12.2 Å². The first kappa shape index (κ1) is 16.1. The van der Waals surface area contributed by atoms with Crippen LogP contribution in [0.1, 0.15) is 54.9 Å². The zero-order valence-corrected chi connectivity index (χ0v) is 11.4. The number of hydrogen-bond donors (Lipinski definition) is 1. The molecule has 0 saturated carbocycles. The second-order valence-corrected chi connectivity index (χ2v) is 4.80. The predicted octanol–water partition coefficient (Wildman–Crippen LogP) is 4.00. The van der Waals surface area contributed by atoms with Gasteiger partial charge in [0, 0.05) is 5.54 Å². The van der Waals surface area contributed by atoms with Gasteiger partial charge in [-0.15, -0.1) is 0 Å². The van der Waals surface area contributed by atoms with Crippen LogP contribution in [0.25, 0.3) is 0 Å². The first-order valence-corrected chi connectivity index (χ1v) is 5.66. The van der Waals surface area contributed by atoms with Crippen LogP contribution in [-0.4, -0.2) is 12.6 Å². The van der Waals surface area contributed by atoms with E-state index in [0.29, 0.717) is 5.41 Å². The first-order chi connectivity index (χ1) is 6.33. The zero-order chi connectivity index (χ0) is 11.8. The smallest absolute Gasteiger partial charge is 0.0130 e. The minimum atomic E-state index is 0.225. The summed E-state index contributed by atoms with van der Waals surface area (Å²) in [6, 6.07) is 0. The summed E-state index contributed by atoms with van der Waals surface area (Å²) in [4.78, 5) is 0. The second-order valence-electron chi connectivity index (χ2n) is 4.80. The van der Waals surface area contributed by atoms with Crippen LogP contribution in [0.2, 0.25) is 0 Å². The Labute approximate surface area is 91.0 Å². The van der Waals surface area contributed by atoms with Gasteiger partial charge in [0.25, 0.3) is 0 Å². The maximum Gasteiger partial charge on any atom is 0.0130 e. The molecule has 0 aromatic carbocycles. The highest BCUT2D eigenvalue weighted by atomic mass is 14.9. The molecule has 0 aliphatic heterocycles. The van der Waals surface area contributed by atoms with Crippen molar-refractivity contribution in [1.29, 1.82) is 0 Å². The molecule has 0 fully saturated rings. The molecule has 0 aliphatic rings. The molecule has 0 heterocycles. The summed E-state index contributed by atoms with van der Waals surface area (Å²) in [5.41, 5.74) is 0.518. The lowest BCUT2D eigenvalue weighted by Crippen LogP contribution is -2.39. The van der Waals surface area contributed by atoms with Gasteiger partial charge in [-0.2, -0.15) is 0 Å². The minimum absolute atomic E-state index is 0.225. The summed E-state index contributed by atoms with van der Waals surface area (Å²) in [6.45, 7) is 15.1. The molecule has 0 aliphatic carbocycles. The van der Waals surface area contributed by atoms with Gasteiger partial charge in [0.05, 0.1) is 0 Å². The van der Waals surface area contributed by atoms with Crippen LogP contribution in [0.4, 0.5) is 0 Å². The van der Waals surface area contributed by atoms with Crippen LogP contribution in [-0.2, 0) is 0 Å². The highest BCUT2D eigenvalue weighted by molar-refractivity contribution is 4.97. The van der Waals surface area contributed by atoms with Crippen molar-refractivity contribution >= 4 is 0 Å². The fourth-order valence-electron chi connectivity index (χ4n) is 1.74. The Balaban J connectivity index is 0. The van der Waals surface area contributed by atoms with Crippen molar-refractivity contribution in [3.63, 3.8) is 0 Å². The van der Waals surface area contributed by atoms with Gasteiger partial charge in [-0.1, -0.05) is 39.8 Å². The largest absolute Gasteiger partial charge is 0.315 e. The van der Waals surface area contributed by atoms with Crippen molar-refractivity contribution in [1.82, 2.24) is 5.32 Å². The lowest BCUT2D eigenvalue weighted by atomic mass is 9.80. The van der Waals surface area contributed by atoms with Gasteiger partial charge in [-0.3, -0.25) is 0 Å². The van der Waals surface area contributed by atoms with Crippen molar-refractivity contribution in [2.24, 2.45) is 5.41 Å². The molecule has 0 spiro atoms. The minimum Gasteiger partial charge on any atom is -0.315 e. The van der Waals surface area contributed by atoms with E-state index in [2.05, 4.69) is 52.1 Å². The Bertz CT molecular complexity index is 155. The van der Waals surface area contributed by atoms with Crippen molar-refractivity contribution in [2.45, 2.75) is 60.4 Å². The molecule has 1 nitrogen and oxygen atoms in total. The van der Waals surface area contributed by atoms with Crippen LogP contribution in [0.5, 0.6) is 0 Å². The third-order valence-electron chi connectivity index (χ3n) is 2.19. The maximum absolute atomic E-state index is 3.32. The SMILES string of the molecule is C/C=C/C(C)(C)CC(C)(C)NC.CC. The van der Waals surface area contributed by atoms with Gasteiger partial charge in [-0.05, 0) is 39.7 Å². The van der Waals surface area contributed by atoms with Crippen molar-refractivity contribution in [2.75, 3.05) is 7.05 Å². The molecular formula is C13H29N. The van der Waals surface area contributed by atoms with E-state index in [1.165, 1.54) is 0 Å². The van der Waals surface area contributed by atoms with Gasteiger partial charge in [0.2, 0.25) is 0 Å². The Morgan fingerprint density at radius 2 is 1.50 bits per heavy atom. The van der Waals surface area contributed by atoms with Gasteiger partial charge in [-0.25, -0.2) is 0 Å². The molecule has 14 heavy (non-hydrogen) atoms. The predicted molar refractivity (Wildman–Crippen MR) is 67.7 cm³/mol. The van der Waals surface area contributed by atoms with Crippen LogP contribution in [0.3, 0.4) is 0 Å². The van der Waals surface area contributed by atoms with Crippen LogP contribution >= 0.6 is 0 Å². The Hall–Kier alpha value is -0.300. The molecule has 0 radical (unpaired) electrons. The van der Waals surface area contributed by atoms with Crippen LogP contribution < -0.4 is 5.32 Å². The summed E-state index contributed by atoms with van der Waals surface area (Å²) in [7, 11) is 2.02. The van der Waals surface area contributed by atoms with E-state index in [9.17, 15) is 0 Å². The van der Waals surface area contributed by atoms with E-state index < -0.39 is 0 Å². The topological polar surface area (TPSA) is 12.0 Å². The maximum atomic E-state index is 3.32. The summed E-state index contributed by atoms with van der Waals surface area (Å²) in [5.74, 6) is 0. The third-order valence-corrected chi connectivity index (χ3v) is 2.19. The molecule has 1 N–H and O–H groups in total. The standard InChI is InChI=1S/C11H23N.C2H6/c1-7-8-10(2,3)9-11(4,5)12-6;1-2/h7-8,12H,9H2,1-6H3;1-2H3/b8-7+;. The van der Waals surface area contributed by atoms with E-state index in [0.717, 1.165) is 6.42 Å². The van der Waals surface area contributed by atoms with E-state index in [4.69, 9.17) is 0 Å². The number of hydrogen-bond acceptors (Lipinski definition) is 1. The van der Waals surface area contributed by atoms with Gasteiger partial charge in [0.1, 0.15) is 0 Å². The molecule has 0 aromatic rings. The Morgan fingerprint density at radius 1 is 1.07 bits per heavy atom. The van der Waals surface area contributed by atoms with Crippen molar-refractivity contribution in [3.8, 4) is 0 Å². The molecule has 0 amide bonds. The van der Waals surface area contributed by atoms with Crippen molar-refractivity contribution < 1.29 is 0 Å². The Morgan fingerprint density at radius 3 is 1.79 bits per heavy atom. The number of allylic oxidation sites excluding steroid dienone is 2. The van der Waals surface area contributed by atoms with E-state index in [1.54, 1.807) is 0 Å². The fraction of sp³-hybridized carbons (Fsp3) is 0.846. The van der Waals surface area contributed by atoms with E-state index in [1.807, 2.05) is 20.9 Å². The fourth-order valence-corrected chi connectivity index (χ4v) is 1.74. The molecule has 1 heteroatoms. The van der Waals surface area contributed by atoms with Gasteiger partial charge in [0.15, 0.2) is 0 Å². The van der Waals surface area contributed by atoms with E-state index in [-0.39, 0.29) is 5.54 Å². The molecule has 0 aromatic heterocycles. The molecule has 0 bridgehead atoms. The highest BCUT2D eigenvalue weighted by Gasteiger charge is 2.24. The quantitative estimate of drug-likeness (QED) is 0.675. The third kappa shape index (κ3) is 8.31. The summed E-state index contributed by atoms with van der Waals surface area (Å²) < 4.78 is 0. The molecule has 86 valence electrons. The highest BCUT2D eigenvalue weighted by Crippen LogP contribution is 2.28. The van der Waals surface area contributed by atoms with E-state index >= 15 is 0 Å². The summed E-state index contributed by atoms with van der Waals surface area (Å²) in [6.07, 6.45) is 5.55. The second kappa shape index (κ2) is 7.05. The lowest BCUT2D eigenvalue weighted by Gasteiger charge is -2.32. The average molecular weight is 199 g/mol. The van der Waals surface area contributed by atoms with Crippen molar-refractivity contribution in [3.05, 3.63) is 12.2 Å². The summed E-state index contributed by atoms with van der Waals surface area (Å²) >= 11 is 0. The number of nitrogens with one attached hydrogen (secondary N) is 1. The number of rotatable bonds is 4. The molecular weight excluding hydrogens is 170 g/mol. The average Bonchev–Trinajstić information content (AvgIpc) is 2.06.